The van der Waals surface area contributed by atoms with Gasteiger partial charge in [-0.2, -0.15) is 0 Å². The molecule has 1 saturated carbocycles. The first kappa shape index (κ1) is 11.1. The first-order chi connectivity index (χ1) is 7.58. The van der Waals surface area contributed by atoms with Crippen molar-refractivity contribution < 1.29 is 9.72 Å². The van der Waals surface area contributed by atoms with Crippen LogP contribution in [0.1, 0.15) is 18.4 Å². The molecule has 0 atom stereocenters. The second-order valence-corrected chi connectivity index (χ2v) is 4.38. The molecule has 0 radical (unpaired) electrons. The zero-order valence-electron chi connectivity index (χ0n) is 8.48. The van der Waals surface area contributed by atoms with E-state index in [1.165, 1.54) is 6.07 Å². The molecular formula is C11H10ClNO3. The lowest BCUT2D eigenvalue weighted by atomic mass is 10.0. The highest BCUT2D eigenvalue weighted by Gasteiger charge is 2.30. The second kappa shape index (κ2) is 4.22. The molecule has 1 aliphatic carbocycles. The average molecular weight is 240 g/mol. The van der Waals surface area contributed by atoms with Crippen molar-refractivity contribution in [1.29, 1.82) is 0 Å². The Balaban J connectivity index is 2.24. The Morgan fingerprint density at radius 1 is 1.50 bits per heavy atom. The van der Waals surface area contributed by atoms with Gasteiger partial charge >= 0.3 is 0 Å². The molecule has 0 aliphatic heterocycles. The largest absolute Gasteiger partial charge is 0.299 e. The molecule has 0 spiro atoms. The summed E-state index contributed by atoms with van der Waals surface area (Å²) in [6, 6.07) is 4.42. The van der Waals surface area contributed by atoms with E-state index in [1.54, 1.807) is 12.1 Å². The third-order valence-electron chi connectivity index (χ3n) is 2.64. The fraction of sp³-hybridized carbons (Fsp3) is 0.364. The summed E-state index contributed by atoms with van der Waals surface area (Å²) < 4.78 is 0. The van der Waals surface area contributed by atoms with E-state index in [0.29, 0.717) is 10.6 Å². The van der Waals surface area contributed by atoms with Crippen LogP contribution in [0.2, 0.25) is 5.02 Å². The van der Waals surface area contributed by atoms with Crippen molar-refractivity contribution in [2.45, 2.75) is 19.3 Å². The Morgan fingerprint density at radius 3 is 2.75 bits per heavy atom. The maximum atomic E-state index is 11.6. The van der Waals surface area contributed by atoms with Crippen molar-refractivity contribution in [3.05, 3.63) is 38.9 Å². The number of carbonyl (C=O) groups excluding carboxylic acids is 1. The van der Waals surface area contributed by atoms with E-state index in [-0.39, 0.29) is 23.8 Å². The van der Waals surface area contributed by atoms with Crippen LogP contribution >= 0.6 is 11.6 Å². The molecule has 0 bridgehead atoms. The van der Waals surface area contributed by atoms with Gasteiger partial charge in [0.25, 0.3) is 5.69 Å². The van der Waals surface area contributed by atoms with Gasteiger partial charge in [0.15, 0.2) is 0 Å². The van der Waals surface area contributed by atoms with E-state index in [2.05, 4.69) is 0 Å². The number of halogens is 1. The summed E-state index contributed by atoms with van der Waals surface area (Å²) in [5.74, 6) is 0.209. The fourth-order valence-corrected chi connectivity index (χ4v) is 1.76. The minimum Gasteiger partial charge on any atom is -0.299 e. The predicted octanol–water partition coefficient (Wildman–Crippen LogP) is 2.77. The molecule has 1 fully saturated rings. The summed E-state index contributed by atoms with van der Waals surface area (Å²) in [4.78, 5) is 21.9. The topological polar surface area (TPSA) is 60.2 Å². The summed E-state index contributed by atoms with van der Waals surface area (Å²) in [6.45, 7) is 0. The first-order valence-corrected chi connectivity index (χ1v) is 5.41. The maximum Gasteiger partial charge on any atom is 0.274 e. The lowest BCUT2D eigenvalue weighted by Crippen LogP contribution is -2.06. The highest BCUT2D eigenvalue weighted by atomic mass is 35.5. The van der Waals surface area contributed by atoms with Gasteiger partial charge in [0.2, 0.25) is 0 Å². The minimum atomic E-state index is -0.499. The molecular weight excluding hydrogens is 230 g/mol. The summed E-state index contributed by atoms with van der Waals surface area (Å²) in [5.41, 5.74) is 0.382. The smallest absolute Gasteiger partial charge is 0.274 e. The van der Waals surface area contributed by atoms with Gasteiger partial charge < -0.3 is 0 Å². The molecule has 1 aromatic rings. The fourth-order valence-electron chi connectivity index (χ4n) is 1.59. The van der Waals surface area contributed by atoms with E-state index in [0.717, 1.165) is 12.8 Å². The van der Waals surface area contributed by atoms with Crippen molar-refractivity contribution in [3.63, 3.8) is 0 Å². The Labute approximate surface area is 97.4 Å². The van der Waals surface area contributed by atoms with Gasteiger partial charge in [0.1, 0.15) is 5.78 Å². The van der Waals surface area contributed by atoms with Crippen LogP contribution in [0.5, 0.6) is 0 Å². The van der Waals surface area contributed by atoms with Crippen LogP contribution in [0, 0.1) is 16.0 Å². The first-order valence-electron chi connectivity index (χ1n) is 5.03. The predicted molar refractivity (Wildman–Crippen MR) is 59.5 cm³/mol. The monoisotopic (exact) mass is 239 g/mol. The van der Waals surface area contributed by atoms with Crippen LogP contribution in [-0.4, -0.2) is 10.7 Å². The van der Waals surface area contributed by atoms with Gasteiger partial charge in [-0.15, -0.1) is 0 Å². The number of nitrogens with zero attached hydrogens (tertiary/aromatic N) is 1. The summed E-state index contributed by atoms with van der Waals surface area (Å²) in [5, 5.41) is 11.1. The van der Waals surface area contributed by atoms with Crippen molar-refractivity contribution in [1.82, 2.24) is 0 Å². The number of hydrogen-bond donors (Lipinski definition) is 0. The van der Waals surface area contributed by atoms with Crippen molar-refractivity contribution in [2.24, 2.45) is 5.92 Å². The molecule has 16 heavy (non-hydrogen) atoms. The van der Waals surface area contributed by atoms with Gasteiger partial charge in [-0.25, -0.2) is 0 Å². The summed E-state index contributed by atoms with van der Waals surface area (Å²) >= 11 is 5.68. The minimum absolute atomic E-state index is 0.0681. The number of hydrogen-bond acceptors (Lipinski definition) is 3. The zero-order valence-corrected chi connectivity index (χ0v) is 9.24. The number of nitro benzene ring substituents is 1. The highest BCUT2D eigenvalue weighted by molar-refractivity contribution is 6.30. The molecule has 0 heterocycles. The van der Waals surface area contributed by atoms with E-state index >= 15 is 0 Å². The molecule has 0 aromatic heterocycles. The Kier molecular flexibility index (Phi) is 2.92. The van der Waals surface area contributed by atoms with Crippen LogP contribution < -0.4 is 0 Å². The molecule has 1 aromatic carbocycles. The molecule has 5 heteroatoms. The zero-order chi connectivity index (χ0) is 11.7. The number of benzene rings is 1. The van der Waals surface area contributed by atoms with E-state index < -0.39 is 4.92 Å². The number of rotatable bonds is 4. The Bertz CT molecular complexity index is 455. The number of Topliss-reactive ketones (excluding diaryl/α,β-unsaturated/α-hetero) is 1. The van der Waals surface area contributed by atoms with Gasteiger partial charge in [0.05, 0.1) is 4.92 Å². The molecule has 0 amide bonds. The molecule has 84 valence electrons. The Morgan fingerprint density at radius 2 is 2.19 bits per heavy atom. The standard InChI is InChI=1S/C11H10ClNO3/c12-9-4-3-8(10(6-9)13(15)16)5-11(14)7-1-2-7/h3-4,6-7H,1-2,5H2. The molecule has 4 nitrogen and oxygen atoms in total. The van der Waals surface area contributed by atoms with Crippen LogP contribution in [0.15, 0.2) is 18.2 Å². The average Bonchev–Trinajstić information content (AvgIpc) is 3.03. The third kappa shape index (κ3) is 2.39. The molecule has 1 aliphatic rings. The van der Waals surface area contributed by atoms with Crippen LogP contribution in [0.25, 0.3) is 0 Å². The van der Waals surface area contributed by atoms with Crippen molar-refractivity contribution in [3.8, 4) is 0 Å². The quantitative estimate of drug-likeness (QED) is 0.600. The summed E-state index contributed by atoms with van der Waals surface area (Å²) in [7, 11) is 0. The lowest BCUT2D eigenvalue weighted by Gasteiger charge is -2.02. The van der Waals surface area contributed by atoms with Gasteiger partial charge in [0, 0.05) is 29.0 Å². The van der Waals surface area contributed by atoms with Crippen LogP contribution in [-0.2, 0) is 11.2 Å². The maximum absolute atomic E-state index is 11.6. The molecule has 0 N–H and O–H groups in total. The van der Waals surface area contributed by atoms with E-state index in [1.807, 2.05) is 0 Å². The van der Waals surface area contributed by atoms with Crippen molar-refractivity contribution >= 4 is 23.1 Å². The normalized spacial score (nSPS) is 14.8. The van der Waals surface area contributed by atoms with E-state index in [4.69, 9.17) is 11.6 Å². The Hall–Kier alpha value is -1.42. The number of ketones is 1. The second-order valence-electron chi connectivity index (χ2n) is 3.95. The van der Waals surface area contributed by atoms with Crippen LogP contribution in [0.3, 0.4) is 0 Å². The summed E-state index contributed by atoms with van der Waals surface area (Å²) in [6.07, 6.45) is 1.97. The van der Waals surface area contributed by atoms with E-state index in [9.17, 15) is 14.9 Å². The molecule has 2 rings (SSSR count). The third-order valence-corrected chi connectivity index (χ3v) is 2.88. The van der Waals surface area contributed by atoms with Crippen molar-refractivity contribution in [2.75, 3.05) is 0 Å². The number of nitro groups is 1. The van der Waals surface area contributed by atoms with Gasteiger partial charge in [-0.05, 0) is 18.9 Å². The van der Waals surface area contributed by atoms with Gasteiger partial charge in [-0.3, -0.25) is 14.9 Å². The highest BCUT2D eigenvalue weighted by Crippen LogP contribution is 2.32. The SMILES string of the molecule is O=C(Cc1ccc(Cl)cc1[N+](=O)[O-])C1CC1. The lowest BCUT2D eigenvalue weighted by molar-refractivity contribution is -0.385. The van der Waals surface area contributed by atoms with Crippen LogP contribution in [0.4, 0.5) is 5.69 Å². The molecule has 0 unspecified atom stereocenters. The molecule has 0 saturated heterocycles. The number of carbonyl (C=O) groups is 1. The van der Waals surface area contributed by atoms with Gasteiger partial charge in [-0.1, -0.05) is 17.7 Å².